The van der Waals surface area contributed by atoms with Gasteiger partial charge in [-0.1, -0.05) is 42.5 Å². The fraction of sp³-hybridized carbons (Fsp3) is 0.273. The Balaban J connectivity index is 1.25. The van der Waals surface area contributed by atoms with Crippen LogP contribution in [0.15, 0.2) is 65.5 Å². The number of piperidine rings is 1. The molecule has 28 heavy (non-hydrogen) atoms. The van der Waals surface area contributed by atoms with Crippen molar-refractivity contribution in [2.45, 2.75) is 25.3 Å². The van der Waals surface area contributed by atoms with Gasteiger partial charge in [0.1, 0.15) is 5.69 Å². The standard InChI is InChI=1S/C22H21N5O/c1-2-7-19-16(4-1)5-3-6-18(19)15-27-12-8-17(9-13-27)21-25-26-22(28-21)20-14-23-10-11-24-20/h1-7,10-11,14,17H,8-9,12-13,15H2. The van der Waals surface area contributed by atoms with Crippen LogP contribution in [-0.2, 0) is 6.54 Å². The lowest BCUT2D eigenvalue weighted by atomic mass is 9.96. The first-order chi connectivity index (χ1) is 13.9. The number of fused-ring (bicyclic) bond motifs is 1. The molecule has 0 spiro atoms. The van der Waals surface area contributed by atoms with E-state index in [0.717, 1.165) is 32.5 Å². The normalized spacial score (nSPS) is 15.9. The topological polar surface area (TPSA) is 67.9 Å². The van der Waals surface area contributed by atoms with Gasteiger partial charge in [-0.2, -0.15) is 0 Å². The predicted molar refractivity (Wildman–Crippen MR) is 107 cm³/mol. The Morgan fingerprint density at radius 3 is 2.68 bits per heavy atom. The Kier molecular flexibility index (Phi) is 4.54. The molecule has 140 valence electrons. The highest BCUT2D eigenvalue weighted by Gasteiger charge is 2.25. The molecular weight excluding hydrogens is 350 g/mol. The van der Waals surface area contributed by atoms with Crippen molar-refractivity contribution in [1.82, 2.24) is 25.1 Å². The van der Waals surface area contributed by atoms with Crippen molar-refractivity contribution in [3.63, 3.8) is 0 Å². The van der Waals surface area contributed by atoms with Gasteiger partial charge in [-0.05, 0) is 42.3 Å². The van der Waals surface area contributed by atoms with Gasteiger partial charge < -0.3 is 4.42 Å². The van der Waals surface area contributed by atoms with Crippen molar-refractivity contribution < 1.29 is 4.42 Å². The first-order valence-electron chi connectivity index (χ1n) is 9.65. The molecule has 0 bridgehead atoms. The number of rotatable bonds is 4. The Morgan fingerprint density at radius 1 is 0.964 bits per heavy atom. The van der Waals surface area contributed by atoms with Crippen LogP contribution in [-0.4, -0.2) is 38.2 Å². The van der Waals surface area contributed by atoms with Crippen LogP contribution in [0.25, 0.3) is 22.4 Å². The second-order valence-electron chi connectivity index (χ2n) is 7.22. The summed E-state index contributed by atoms with van der Waals surface area (Å²) in [4.78, 5) is 10.8. The molecule has 4 aromatic rings. The Labute approximate surface area is 163 Å². The second kappa shape index (κ2) is 7.48. The van der Waals surface area contributed by atoms with Gasteiger partial charge in [0.2, 0.25) is 5.89 Å². The van der Waals surface area contributed by atoms with Crippen molar-refractivity contribution in [1.29, 1.82) is 0 Å². The summed E-state index contributed by atoms with van der Waals surface area (Å²) in [5.74, 6) is 1.47. The molecule has 1 fully saturated rings. The number of likely N-dealkylation sites (tertiary alicyclic amines) is 1. The first kappa shape index (κ1) is 17.0. The lowest BCUT2D eigenvalue weighted by Crippen LogP contribution is -2.32. The molecule has 6 nitrogen and oxygen atoms in total. The summed E-state index contributed by atoms with van der Waals surface area (Å²) in [5, 5.41) is 11.1. The van der Waals surface area contributed by atoms with Crippen molar-refractivity contribution in [2.75, 3.05) is 13.1 Å². The molecule has 0 aliphatic carbocycles. The van der Waals surface area contributed by atoms with Gasteiger partial charge in [0.05, 0.1) is 6.20 Å². The maximum absolute atomic E-state index is 5.88. The van der Waals surface area contributed by atoms with E-state index in [2.05, 4.69) is 67.5 Å². The maximum Gasteiger partial charge on any atom is 0.267 e. The zero-order valence-corrected chi connectivity index (χ0v) is 15.5. The van der Waals surface area contributed by atoms with Crippen LogP contribution in [0.2, 0.25) is 0 Å². The van der Waals surface area contributed by atoms with Gasteiger partial charge in [0.15, 0.2) is 0 Å². The van der Waals surface area contributed by atoms with Gasteiger partial charge in [-0.3, -0.25) is 9.88 Å². The van der Waals surface area contributed by atoms with Gasteiger partial charge in [0, 0.05) is 24.9 Å². The predicted octanol–water partition coefficient (Wildman–Crippen LogP) is 4.06. The quantitative estimate of drug-likeness (QED) is 0.539. The van der Waals surface area contributed by atoms with Crippen LogP contribution in [0.4, 0.5) is 0 Å². The molecule has 2 aromatic carbocycles. The Morgan fingerprint density at radius 2 is 1.82 bits per heavy atom. The monoisotopic (exact) mass is 371 g/mol. The number of aromatic nitrogens is 4. The summed E-state index contributed by atoms with van der Waals surface area (Å²) in [6.07, 6.45) is 6.95. The van der Waals surface area contributed by atoms with E-state index in [9.17, 15) is 0 Å². The number of nitrogens with zero attached hydrogens (tertiary/aromatic N) is 5. The van der Waals surface area contributed by atoms with Gasteiger partial charge in [-0.25, -0.2) is 4.98 Å². The summed E-state index contributed by atoms with van der Waals surface area (Å²) in [6, 6.07) is 15.2. The third-order valence-electron chi connectivity index (χ3n) is 5.43. The third-order valence-corrected chi connectivity index (χ3v) is 5.43. The molecule has 0 amide bonds. The summed E-state index contributed by atoms with van der Waals surface area (Å²) >= 11 is 0. The average Bonchev–Trinajstić information content (AvgIpc) is 3.26. The van der Waals surface area contributed by atoms with E-state index in [1.165, 1.54) is 16.3 Å². The van der Waals surface area contributed by atoms with E-state index in [1.807, 2.05) is 0 Å². The minimum absolute atomic E-state index is 0.307. The zero-order chi connectivity index (χ0) is 18.8. The largest absolute Gasteiger partial charge is 0.419 e. The summed E-state index contributed by atoms with van der Waals surface area (Å²) in [5.41, 5.74) is 2.01. The van der Waals surface area contributed by atoms with E-state index >= 15 is 0 Å². The number of hydrogen-bond acceptors (Lipinski definition) is 6. The Bertz CT molecular complexity index is 1070. The summed E-state index contributed by atoms with van der Waals surface area (Å²) in [7, 11) is 0. The molecule has 0 atom stereocenters. The minimum Gasteiger partial charge on any atom is -0.419 e. The molecule has 1 aliphatic rings. The molecule has 3 heterocycles. The van der Waals surface area contributed by atoms with Gasteiger partial charge in [-0.15, -0.1) is 10.2 Å². The average molecular weight is 371 g/mol. The van der Waals surface area contributed by atoms with E-state index < -0.39 is 0 Å². The number of benzene rings is 2. The van der Waals surface area contributed by atoms with Gasteiger partial charge in [0.25, 0.3) is 5.89 Å². The van der Waals surface area contributed by atoms with Crippen molar-refractivity contribution >= 4 is 10.8 Å². The van der Waals surface area contributed by atoms with Crippen molar-refractivity contribution in [2.24, 2.45) is 0 Å². The fourth-order valence-electron chi connectivity index (χ4n) is 3.92. The Hall–Kier alpha value is -3.12. The smallest absolute Gasteiger partial charge is 0.267 e. The molecule has 0 saturated carbocycles. The molecular formula is C22H21N5O. The zero-order valence-electron chi connectivity index (χ0n) is 15.5. The SMILES string of the molecule is c1ccc2c(CN3CCC(c4nnc(-c5cnccn5)o4)CC3)cccc2c1. The molecule has 0 radical (unpaired) electrons. The molecule has 2 aromatic heterocycles. The van der Waals surface area contributed by atoms with E-state index in [1.54, 1.807) is 18.6 Å². The van der Waals surface area contributed by atoms with Crippen molar-refractivity contribution in [3.05, 3.63) is 72.5 Å². The number of hydrogen-bond donors (Lipinski definition) is 0. The third kappa shape index (κ3) is 3.39. The summed E-state index contributed by atoms with van der Waals surface area (Å²) < 4.78 is 5.88. The van der Waals surface area contributed by atoms with Crippen LogP contribution >= 0.6 is 0 Å². The highest BCUT2D eigenvalue weighted by atomic mass is 16.4. The summed E-state index contributed by atoms with van der Waals surface area (Å²) in [6.45, 7) is 3.02. The second-order valence-corrected chi connectivity index (χ2v) is 7.22. The fourth-order valence-corrected chi connectivity index (χ4v) is 3.92. The molecule has 0 unspecified atom stereocenters. The van der Waals surface area contributed by atoms with Crippen LogP contribution in [0, 0.1) is 0 Å². The maximum atomic E-state index is 5.88. The van der Waals surface area contributed by atoms with Crippen molar-refractivity contribution in [3.8, 4) is 11.6 Å². The molecule has 1 saturated heterocycles. The highest BCUT2D eigenvalue weighted by Crippen LogP contribution is 2.30. The molecule has 5 rings (SSSR count). The van der Waals surface area contributed by atoms with Crippen LogP contribution in [0.1, 0.15) is 30.2 Å². The lowest BCUT2D eigenvalue weighted by molar-refractivity contribution is 0.194. The first-order valence-corrected chi connectivity index (χ1v) is 9.65. The van der Waals surface area contributed by atoms with Gasteiger partial charge >= 0.3 is 0 Å². The van der Waals surface area contributed by atoms with Crippen LogP contribution < -0.4 is 0 Å². The van der Waals surface area contributed by atoms with Crippen LogP contribution in [0.5, 0.6) is 0 Å². The minimum atomic E-state index is 0.307. The molecule has 6 heteroatoms. The molecule has 1 aliphatic heterocycles. The lowest BCUT2D eigenvalue weighted by Gasteiger charge is -2.30. The van der Waals surface area contributed by atoms with E-state index in [0.29, 0.717) is 23.4 Å². The highest BCUT2D eigenvalue weighted by molar-refractivity contribution is 5.85. The van der Waals surface area contributed by atoms with E-state index in [4.69, 9.17) is 4.42 Å². The van der Waals surface area contributed by atoms with E-state index in [-0.39, 0.29) is 0 Å². The van der Waals surface area contributed by atoms with Crippen LogP contribution in [0.3, 0.4) is 0 Å². The molecule has 0 N–H and O–H groups in total.